The van der Waals surface area contributed by atoms with Gasteiger partial charge in [0.2, 0.25) is 5.82 Å². The van der Waals surface area contributed by atoms with Gasteiger partial charge in [-0.2, -0.15) is 5.26 Å². The fraction of sp³-hybridized carbons (Fsp3) is 0.429. The second-order valence-corrected chi connectivity index (χ2v) is 3.38. The molecule has 0 N–H and O–H groups in total. The number of hydrogen-bond donors (Lipinski definition) is 0. The van der Waals surface area contributed by atoms with Crippen LogP contribution in [0.5, 0.6) is 0 Å². The Balaban J connectivity index is 2.79. The average Bonchev–Trinajstić information content (AvgIpc) is 2.45. The molecule has 7 heteroatoms. The van der Waals surface area contributed by atoms with E-state index in [9.17, 15) is 0 Å². The molecule has 76 valence electrons. The first-order valence-corrected chi connectivity index (χ1v) is 4.95. The minimum absolute atomic E-state index is 0.0951. The van der Waals surface area contributed by atoms with Crippen molar-refractivity contribution in [2.75, 3.05) is 12.5 Å². The third-order valence-corrected chi connectivity index (χ3v) is 2.31. The van der Waals surface area contributed by atoms with Gasteiger partial charge in [-0.1, -0.05) is 23.2 Å². The zero-order valence-electron chi connectivity index (χ0n) is 7.01. The smallest absolute Gasteiger partial charge is 0.217 e. The number of halogens is 3. The molecule has 0 saturated heterocycles. The van der Waals surface area contributed by atoms with Gasteiger partial charge >= 0.3 is 0 Å². The fourth-order valence-electron chi connectivity index (χ4n) is 0.817. The Kier molecular flexibility index (Phi) is 4.49. The van der Waals surface area contributed by atoms with Gasteiger partial charge in [-0.25, -0.2) is 4.98 Å². The molecule has 0 bridgehead atoms. The van der Waals surface area contributed by atoms with E-state index in [1.165, 1.54) is 4.57 Å². The van der Waals surface area contributed by atoms with E-state index >= 15 is 0 Å². The van der Waals surface area contributed by atoms with Crippen LogP contribution in [0.25, 0.3) is 0 Å². The first-order valence-electron chi connectivity index (χ1n) is 3.66. The Bertz CT molecular complexity index is 358. The Labute approximate surface area is 95.9 Å². The van der Waals surface area contributed by atoms with Crippen molar-refractivity contribution in [1.82, 2.24) is 9.55 Å². The standard InChI is InChI=1S/C7H6Cl3N3O/c8-1-2-14-4-13-5(3-11)12-6(9)7(13)10/h1-2,4H2. The van der Waals surface area contributed by atoms with Gasteiger partial charge in [-0.3, -0.25) is 4.57 Å². The van der Waals surface area contributed by atoms with E-state index in [4.69, 9.17) is 44.8 Å². The molecule has 0 spiro atoms. The molecule has 0 saturated carbocycles. The van der Waals surface area contributed by atoms with Crippen LogP contribution in [0.1, 0.15) is 5.82 Å². The summed E-state index contributed by atoms with van der Waals surface area (Å²) in [5.74, 6) is 0.497. The summed E-state index contributed by atoms with van der Waals surface area (Å²) in [6, 6.07) is 1.85. The zero-order valence-corrected chi connectivity index (χ0v) is 9.27. The molecule has 0 atom stereocenters. The van der Waals surface area contributed by atoms with Gasteiger partial charge in [-0.15, -0.1) is 11.6 Å². The van der Waals surface area contributed by atoms with Crippen molar-refractivity contribution < 1.29 is 4.74 Å². The minimum atomic E-state index is 0.0951. The van der Waals surface area contributed by atoms with E-state index in [0.717, 1.165) is 0 Å². The van der Waals surface area contributed by atoms with Crippen LogP contribution in [-0.4, -0.2) is 22.0 Å². The quantitative estimate of drug-likeness (QED) is 0.612. The molecule has 0 aliphatic rings. The monoisotopic (exact) mass is 253 g/mol. The van der Waals surface area contributed by atoms with E-state index in [1.54, 1.807) is 0 Å². The van der Waals surface area contributed by atoms with Gasteiger partial charge < -0.3 is 4.74 Å². The number of imidazole rings is 1. The van der Waals surface area contributed by atoms with Crippen LogP contribution in [0.3, 0.4) is 0 Å². The number of nitrogens with zero attached hydrogens (tertiary/aromatic N) is 3. The summed E-state index contributed by atoms with van der Waals surface area (Å²) in [7, 11) is 0. The predicted octanol–water partition coefficient (Wildman–Crippen LogP) is 2.27. The Hall–Kier alpha value is -0.470. The normalized spacial score (nSPS) is 10.1. The second-order valence-electron chi connectivity index (χ2n) is 2.28. The number of hydrogen-bond acceptors (Lipinski definition) is 3. The van der Waals surface area contributed by atoms with E-state index in [1.807, 2.05) is 6.07 Å². The lowest BCUT2D eigenvalue weighted by Crippen LogP contribution is -2.06. The molecule has 0 amide bonds. The minimum Gasteiger partial charge on any atom is -0.359 e. The maximum atomic E-state index is 8.68. The molecule has 0 radical (unpaired) electrons. The molecule has 1 rings (SSSR count). The van der Waals surface area contributed by atoms with Crippen molar-refractivity contribution >= 4 is 34.8 Å². The Morgan fingerprint density at radius 3 is 2.79 bits per heavy atom. The summed E-state index contributed by atoms with van der Waals surface area (Å²) in [5.41, 5.74) is 0. The molecule has 0 aromatic carbocycles. The molecular weight excluding hydrogens is 248 g/mol. The van der Waals surface area contributed by atoms with Crippen LogP contribution in [0.2, 0.25) is 10.3 Å². The summed E-state index contributed by atoms with van der Waals surface area (Å²) < 4.78 is 6.47. The van der Waals surface area contributed by atoms with Crippen LogP contribution in [0.4, 0.5) is 0 Å². The topological polar surface area (TPSA) is 50.8 Å². The van der Waals surface area contributed by atoms with Crippen molar-refractivity contribution in [3.05, 3.63) is 16.1 Å². The van der Waals surface area contributed by atoms with Crippen molar-refractivity contribution in [2.24, 2.45) is 0 Å². The number of rotatable bonds is 4. The largest absolute Gasteiger partial charge is 0.359 e. The molecule has 0 aliphatic heterocycles. The van der Waals surface area contributed by atoms with E-state index in [0.29, 0.717) is 12.5 Å². The molecule has 4 nitrogen and oxygen atoms in total. The molecular formula is C7H6Cl3N3O. The highest BCUT2D eigenvalue weighted by atomic mass is 35.5. The lowest BCUT2D eigenvalue weighted by Gasteiger charge is -2.04. The van der Waals surface area contributed by atoms with Gasteiger partial charge in [0, 0.05) is 5.88 Å². The van der Waals surface area contributed by atoms with Gasteiger partial charge in [-0.05, 0) is 0 Å². The molecule has 1 heterocycles. The van der Waals surface area contributed by atoms with Crippen LogP contribution in [0.15, 0.2) is 0 Å². The highest BCUT2D eigenvalue weighted by Gasteiger charge is 2.13. The summed E-state index contributed by atoms with van der Waals surface area (Å²) in [4.78, 5) is 3.73. The molecule has 1 aromatic rings. The van der Waals surface area contributed by atoms with E-state index in [-0.39, 0.29) is 22.9 Å². The summed E-state index contributed by atoms with van der Waals surface area (Å²) >= 11 is 16.8. The van der Waals surface area contributed by atoms with Gasteiger partial charge in [0.05, 0.1) is 6.61 Å². The Morgan fingerprint density at radius 2 is 2.21 bits per heavy atom. The number of aromatic nitrogens is 2. The summed E-state index contributed by atoms with van der Waals surface area (Å²) in [5, 5.41) is 8.97. The predicted molar refractivity (Wildman–Crippen MR) is 53.6 cm³/mol. The van der Waals surface area contributed by atoms with Crippen LogP contribution in [-0.2, 0) is 11.5 Å². The number of alkyl halides is 1. The number of nitriles is 1. The molecule has 0 aliphatic carbocycles. The highest BCUT2D eigenvalue weighted by molar-refractivity contribution is 6.40. The molecule has 14 heavy (non-hydrogen) atoms. The average molecular weight is 255 g/mol. The highest BCUT2D eigenvalue weighted by Crippen LogP contribution is 2.22. The Morgan fingerprint density at radius 1 is 1.50 bits per heavy atom. The first kappa shape index (κ1) is 11.6. The molecule has 0 unspecified atom stereocenters. The van der Waals surface area contributed by atoms with Gasteiger partial charge in [0.1, 0.15) is 12.8 Å². The lowest BCUT2D eigenvalue weighted by molar-refractivity contribution is 0.0888. The first-order chi connectivity index (χ1) is 6.70. The SMILES string of the molecule is N#Cc1nc(Cl)c(Cl)n1COCCCl. The van der Waals surface area contributed by atoms with E-state index < -0.39 is 0 Å². The van der Waals surface area contributed by atoms with Crippen LogP contribution in [0, 0.1) is 11.3 Å². The van der Waals surface area contributed by atoms with Gasteiger partial charge in [0.25, 0.3) is 0 Å². The van der Waals surface area contributed by atoms with E-state index in [2.05, 4.69) is 4.98 Å². The van der Waals surface area contributed by atoms with Gasteiger partial charge in [0.15, 0.2) is 10.3 Å². The number of ether oxygens (including phenoxy) is 1. The maximum absolute atomic E-state index is 8.68. The lowest BCUT2D eigenvalue weighted by atomic mass is 10.7. The zero-order chi connectivity index (χ0) is 10.6. The van der Waals surface area contributed by atoms with Crippen molar-refractivity contribution in [3.8, 4) is 6.07 Å². The summed E-state index contributed by atoms with van der Waals surface area (Å²) in [6.07, 6.45) is 0. The third kappa shape index (κ3) is 2.52. The second kappa shape index (κ2) is 5.42. The molecule has 0 fully saturated rings. The van der Waals surface area contributed by atoms with Crippen molar-refractivity contribution in [2.45, 2.75) is 6.73 Å². The third-order valence-electron chi connectivity index (χ3n) is 1.41. The van der Waals surface area contributed by atoms with Crippen molar-refractivity contribution in [1.29, 1.82) is 5.26 Å². The van der Waals surface area contributed by atoms with Crippen LogP contribution >= 0.6 is 34.8 Å². The molecule has 1 aromatic heterocycles. The van der Waals surface area contributed by atoms with Crippen molar-refractivity contribution in [3.63, 3.8) is 0 Å². The maximum Gasteiger partial charge on any atom is 0.217 e. The fourth-order valence-corrected chi connectivity index (χ4v) is 1.28. The van der Waals surface area contributed by atoms with Crippen LogP contribution < -0.4 is 0 Å². The summed E-state index contributed by atoms with van der Waals surface area (Å²) in [6.45, 7) is 0.493.